The number of para-hydroxylation sites is 1. The van der Waals surface area contributed by atoms with E-state index in [1.165, 1.54) is 24.1 Å². The first-order valence-corrected chi connectivity index (χ1v) is 8.20. The molecule has 0 bridgehead atoms. The maximum Gasteiger partial charge on any atom is 0.221 e. The number of anilines is 2. The lowest BCUT2D eigenvalue weighted by atomic mass is 10.1. The SMILES string of the molecule is CN(N)c1cccc(C2CC2)c1N(C)Cc1ccccn1.NNC=O. The second-order valence-corrected chi connectivity index (χ2v) is 6.06. The minimum Gasteiger partial charge on any atom is -0.367 e. The van der Waals surface area contributed by atoms with Gasteiger partial charge >= 0.3 is 0 Å². The van der Waals surface area contributed by atoms with Gasteiger partial charge in [-0.1, -0.05) is 18.2 Å². The highest BCUT2D eigenvalue weighted by Gasteiger charge is 2.28. The van der Waals surface area contributed by atoms with Crippen molar-refractivity contribution in [3.63, 3.8) is 0 Å². The molecule has 2 aromatic rings. The first-order valence-electron chi connectivity index (χ1n) is 8.20. The zero-order valence-corrected chi connectivity index (χ0v) is 14.7. The van der Waals surface area contributed by atoms with Crippen LogP contribution in [0.5, 0.6) is 0 Å². The summed E-state index contributed by atoms with van der Waals surface area (Å²) in [5.41, 5.74) is 6.52. The van der Waals surface area contributed by atoms with Gasteiger partial charge in [0.25, 0.3) is 0 Å². The summed E-state index contributed by atoms with van der Waals surface area (Å²) >= 11 is 0. The molecule has 0 radical (unpaired) electrons. The summed E-state index contributed by atoms with van der Waals surface area (Å²) < 4.78 is 0. The van der Waals surface area contributed by atoms with Crippen LogP contribution in [0.2, 0.25) is 0 Å². The van der Waals surface area contributed by atoms with Crippen molar-refractivity contribution in [3.8, 4) is 0 Å². The van der Waals surface area contributed by atoms with Crippen LogP contribution in [0.25, 0.3) is 0 Å². The van der Waals surface area contributed by atoms with Gasteiger partial charge in [0.05, 0.1) is 23.6 Å². The van der Waals surface area contributed by atoms with E-state index < -0.39 is 0 Å². The topological polar surface area (TPSA) is 101 Å². The molecule has 1 saturated carbocycles. The van der Waals surface area contributed by atoms with Crippen LogP contribution < -0.4 is 27.0 Å². The summed E-state index contributed by atoms with van der Waals surface area (Å²) in [6.45, 7) is 0.783. The fourth-order valence-electron chi connectivity index (χ4n) is 2.79. The zero-order chi connectivity index (χ0) is 18.2. The van der Waals surface area contributed by atoms with Crippen molar-refractivity contribution in [1.82, 2.24) is 10.4 Å². The lowest BCUT2D eigenvalue weighted by Gasteiger charge is -2.28. The molecular weight excluding hydrogens is 316 g/mol. The quantitative estimate of drug-likeness (QED) is 0.318. The molecule has 3 rings (SSSR count). The standard InChI is InChI=1S/C17H22N4.CH4N2O/c1-20(12-14-6-3-4-11-19-14)17-15(13-9-10-13)7-5-8-16(17)21(2)18;2-3-1-4/h3-8,11,13H,9-10,12,18H2,1-2H3;1H,2H2,(H,3,4). The average Bonchev–Trinajstić information content (AvgIpc) is 3.47. The molecule has 1 aliphatic carbocycles. The number of amides is 1. The van der Waals surface area contributed by atoms with E-state index in [2.05, 4.69) is 47.0 Å². The number of nitrogens with two attached hydrogens (primary N) is 2. The van der Waals surface area contributed by atoms with Crippen LogP contribution in [0.4, 0.5) is 11.4 Å². The Morgan fingerprint density at radius 1 is 1.24 bits per heavy atom. The van der Waals surface area contributed by atoms with Crippen molar-refractivity contribution >= 4 is 17.8 Å². The van der Waals surface area contributed by atoms with Gasteiger partial charge in [0.1, 0.15) is 0 Å². The maximum absolute atomic E-state index is 8.94. The summed E-state index contributed by atoms with van der Waals surface area (Å²) in [5.74, 6) is 11.1. The molecule has 7 nitrogen and oxygen atoms in total. The largest absolute Gasteiger partial charge is 0.367 e. The van der Waals surface area contributed by atoms with Crippen LogP contribution >= 0.6 is 0 Å². The number of nitrogens with zero attached hydrogens (tertiary/aromatic N) is 3. The Labute approximate surface area is 148 Å². The number of benzene rings is 1. The number of carbonyl (C=O) groups is 1. The third-order valence-electron chi connectivity index (χ3n) is 4.02. The number of aromatic nitrogens is 1. The van der Waals surface area contributed by atoms with Crippen LogP contribution in [-0.4, -0.2) is 25.5 Å². The van der Waals surface area contributed by atoms with Gasteiger partial charge in [0, 0.05) is 20.3 Å². The van der Waals surface area contributed by atoms with Crippen LogP contribution in [0.15, 0.2) is 42.6 Å². The van der Waals surface area contributed by atoms with Crippen molar-refractivity contribution in [2.45, 2.75) is 25.3 Å². The van der Waals surface area contributed by atoms with Crippen molar-refractivity contribution in [2.75, 3.05) is 24.0 Å². The highest BCUT2D eigenvalue weighted by Crippen LogP contribution is 2.47. The molecular formula is C18H26N6O. The molecule has 0 aliphatic heterocycles. The Bertz CT molecular complexity index is 652. The van der Waals surface area contributed by atoms with Gasteiger partial charge in [-0.25, -0.2) is 11.7 Å². The monoisotopic (exact) mass is 342 g/mol. The molecule has 134 valence electrons. The summed E-state index contributed by atoms with van der Waals surface area (Å²) in [7, 11) is 4.01. The van der Waals surface area contributed by atoms with Crippen molar-refractivity contribution < 1.29 is 4.79 Å². The second kappa shape index (κ2) is 9.00. The number of pyridine rings is 1. The number of rotatable bonds is 6. The van der Waals surface area contributed by atoms with E-state index in [1.807, 2.05) is 25.4 Å². The third-order valence-corrected chi connectivity index (χ3v) is 4.02. The zero-order valence-electron chi connectivity index (χ0n) is 14.7. The lowest BCUT2D eigenvalue weighted by molar-refractivity contribution is -0.109. The minimum absolute atomic E-state index is 0.403. The molecule has 25 heavy (non-hydrogen) atoms. The number of hydrogen-bond acceptors (Lipinski definition) is 6. The molecule has 1 aromatic carbocycles. The molecule has 0 atom stereocenters. The van der Waals surface area contributed by atoms with E-state index in [-0.39, 0.29) is 0 Å². The van der Waals surface area contributed by atoms with Gasteiger partial charge in [-0.05, 0) is 42.5 Å². The first kappa shape index (κ1) is 18.7. The van der Waals surface area contributed by atoms with E-state index in [1.54, 1.807) is 10.4 Å². The first-order chi connectivity index (χ1) is 12.1. The fraction of sp³-hybridized carbons (Fsp3) is 0.333. The molecule has 1 aromatic heterocycles. The van der Waals surface area contributed by atoms with Gasteiger partial charge < -0.3 is 9.91 Å². The van der Waals surface area contributed by atoms with Crippen molar-refractivity contribution in [1.29, 1.82) is 0 Å². The predicted molar refractivity (Wildman–Crippen MR) is 101 cm³/mol. The normalized spacial score (nSPS) is 12.6. The van der Waals surface area contributed by atoms with Crippen LogP contribution in [-0.2, 0) is 11.3 Å². The van der Waals surface area contributed by atoms with Gasteiger partial charge in [-0.2, -0.15) is 0 Å². The molecule has 0 spiro atoms. The van der Waals surface area contributed by atoms with Crippen LogP contribution in [0.1, 0.15) is 30.0 Å². The second-order valence-electron chi connectivity index (χ2n) is 6.06. The van der Waals surface area contributed by atoms with Gasteiger partial charge in [-0.3, -0.25) is 15.2 Å². The molecule has 1 heterocycles. The third kappa shape index (κ3) is 5.17. The Morgan fingerprint density at radius 2 is 1.96 bits per heavy atom. The summed E-state index contributed by atoms with van der Waals surface area (Å²) in [5, 5.41) is 1.70. The highest BCUT2D eigenvalue weighted by molar-refractivity contribution is 5.75. The van der Waals surface area contributed by atoms with E-state index in [0.29, 0.717) is 12.3 Å². The van der Waals surface area contributed by atoms with E-state index in [0.717, 1.165) is 17.9 Å². The predicted octanol–water partition coefficient (Wildman–Crippen LogP) is 1.51. The number of hydrazine groups is 2. The van der Waals surface area contributed by atoms with Crippen molar-refractivity contribution in [2.24, 2.45) is 11.7 Å². The molecule has 0 saturated heterocycles. The number of hydrogen-bond donors (Lipinski definition) is 3. The average molecular weight is 342 g/mol. The molecule has 0 unspecified atom stereocenters. The smallest absolute Gasteiger partial charge is 0.221 e. The maximum atomic E-state index is 8.94. The van der Waals surface area contributed by atoms with Gasteiger partial charge in [0.2, 0.25) is 6.41 Å². The van der Waals surface area contributed by atoms with Crippen LogP contribution in [0.3, 0.4) is 0 Å². The lowest BCUT2D eigenvalue weighted by Crippen LogP contribution is -2.29. The highest BCUT2D eigenvalue weighted by atomic mass is 16.1. The van der Waals surface area contributed by atoms with Crippen LogP contribution in [0, 0.1) is 0 Å². The van der Waals surface area contributed by atoms with Gasteiger partial charge in [-0.15, -0.1) is 0 Å². The number of carbonyl (C=O) groups excluding carboxylic acids is 1. The Hall–Kier alpha value is -2.64. The minimum atomic E-state index is 0.403. The summed E-state index contributed by atoms with van der Waals surface area (Å²) in [6.07, 6.45) is 4.80. The van der Waals surface area contributed by atoms with E-state index >= 15 is 0 Å². The summed E-state index contributed by atoms with van der Waals surface area (Å²) in [4.78, 5) is 15.6. The molecule has 5 N–H and O–H groups in total. The Kier molecular flexibility index (Phi) is 6.73. The Morgan fingerprint density at radius 3 is 2.48 bits per heavy atom. The Balaban J connectivity index is 0.000000511. The van der Waals surface area contributed by atoms with Gasteiger partial charge in [0.15, 0.2) is 0 Å². The fourth-order valence-corrected chi connectivity index (χ4v) is 2.79. The number of nitrogens with one attached hydrogen (secondary N) is 1. The van der Waals surface area contributed by atoms with Crippen molar-refractivity contribution in [3.05, 3.63) is 53.9 Å². The molecule has 1 amide bonds. The molecule has 7 heteroatoms. The van der Waals surface area contributed by atoms with E-state index in [9.17, 15) is 0 Å². The molecule has 1 fully saturated rings. The summed E-state index contributed by atoms with van der Waals surface area (Å²) in [6, 6.07) is 12.4. The molecule has 1 aliphatic rings. The van der Waals surface area contributed by atoms with E-state index in [4.69, 9.17) is 10.6 Å².